The molecule has 4 heteroatoms. The van der Waals surface area contributed by atoms with E-state index in [9.17, 15) is 9.59 Å². The number of hydrogen-bond donors (Lipinski definition) is 0. The van der Waals surface area contributed by atoms with Crippen LogP contribution in [0, 0.1) is 7.11 Å². The van der Waals surface area contributed by atoms with Crippen molar-refractivity contribution >= 4 is 11.8 Å². The van der Waals surface area contributed by atoms with Gasteiger partial charge in [-0.3, -0.25) is 9.59 Å². The predicted octanol–water partition coefficient (Wildman–Crippen LogP) is 0.298. The first-order chi connectivity index (χ1) is 3.66. The molecule has 0 saturated heterocycles. The number of rotatable bonds is 2. The molecule has 0 fully saturated rings. The zero-order valence-electron chi connectivity index (χ0n) is 5.14. The van der Waals surface area contributed by atoms with Gasteiger partial charge in [-0.1, -0.05) is 0 Å². The van der Waals surface area contributed by atoms with Crippen molar-refractivity contribution in [3.63, 3.8) is 0 Å². The monoisotopic (exact) mass is 205 g/mol. The smallest absolute Gasteiger partial charge is 0.281 e. The van der Waals surface area contributed by atoms with Gasteiger partial charge in [-0.2, -0.15) is 7.11 Å². The molecule has 0 aliphatic rings. The second-order valence-electron chi connectivity index (χ2n) is 1.40. The van der Waals surface area contributed by atoms with Crippen LogP contribution < -0.4 is 0 Å². The molecule has 9 heavy (non-hydrogen) atoms. The summed E-state index contributed by atoms with van der Waals surface area (Å²) in [4.78, 5) is 20.2. The van der Waals surface area contributed by atoms with Gasteiger partial charge in [0.05, 0.1) is 0 Å². The fraction of sp³-hybridized carbons (Fsp3) is 0.400. The topological polar surface area (TPSA) is 43.4 Å². The normalized spacial score (nSPS) is 7.33. The molecule has 0 saturated carbocycles. The van der Waals surface area contributed by atoms with Gasteiger partial charge in [0.15, 0.2) is 0 Å². The van der Waals surface area contributed by atoms with E-state index in [1.54, 1.807) is 0 Å². The van der Waals surface area contributed by atoms with E-state index in [0.29, 0.717) is 0 Å². The molecule has 0 aliphatic heterocycles. The maximum Gasteiger partial charge on any atom is 0.281 e. The molecular formula is C5H7O3Zr-. The zero-order valence-corrected chi connectivity index (χ0v) is 7.60. The van der Waals surface area contributed by atoms with Gasteiger partial charge in [0.1, 0.15) is 12.2 Å². The van der Waals surface area contributed by atoms with Crippen molar-refractivity contribution in [2.75, 3.05) is 0 Å². The second-order valence-corrected chi connectivity index (χ2v) is 1.40. The van der Waals surface area contributed by atoms with E-state index in [-0.39, 0.29) is 38.4 Å². The van der Waals surface area contributed by atoms with Crippen molar-refractivity contribution in [1.82, 2.24) is 0 Å². The predicted molar refractivity (Wildman–Crippen MR) is 26.7 cm³/mol. The Morgan fingerprint density at radius 1 is 1.56 bits per heavy atom. The summed E-state index contributed by atoms with van der Waals surface area (Å²) in [6, 6.07) is 0. The molecular weight excluding hydrogens is 199 g/mol. The summed E-state index contributed by atoms with van der Waals surface area (Å²) in [5, 5.41) is 0. The van der Waals surface area contributed by atoms with Gasteiger partial charge in [-0.25, -0.2) is 0 Å². The summed E-state index contributed by atoms with van der Waals surface area (Å²) in [6.45, 7) is 1.32. The summed E-state index contributed by atoms with van der Waals surface area (Å²) in [5.74, 6) is -0.795. The molecule has 0 rings (SSSR count). The summed E-state index contributed by atoms with van der Waals surface area (Å²) >= 11 is 0. The number of Topliss-reactive ketones (excluding diaryl/α,β-unsaturated/α-hetero) is 1. The average molecular weight is 206 g/mol. The quantitative estimate of drug-likeness (QED) is 0.371. The minimum absolute atomic E-state index is 0. The molecule has 0 N–H and O–H groups in total. The Bertz CT molecular complexity index is 111. The minimum Gasteiger partial charge on any atom is -0.640 e. The fourth-order valence-electron chi connectivity index (χ4n) is 0.254. The third-order valence-corrected chi connectivity index (χ3v) is 0.554. The number of esters is 1. The van der Waals surface area contributed by atoms with E-state index in [0.717, 1.165) is 0 Å². The van der Waals surface area contributed by atoms with Crippen molar-refractivity contribution in [3.8, 4) is 0 Å². The Hall–Kier alpha value is 0.0231. The van der Waals surface area contributed by atoms with E-state index < -0.39 is 5.97 Å². The van der Waals surface area contributed by atoms with Crippen LogP contribution in [0.25, 0.3) is 0 Å². The number of carbonyl (C=O) groups is 2. The summed E-state index contributed by atoms with van der Waals surface area (Å²) < 4.78 is 3.95. The van der Waals surface area contributed by atoms with Crippen molar-refractivity contribution in [1.29, 1.82) is 0 Å². The van der Waals surface area contributed by atoms with Crippen molar-refractivity contribution in [3.05, 3.63) is 7.11 Å². The molecule has 3 nitrogen and oxygen atoms in total. The van der Waals surface area contributed by atoms with Crippen LogP contribution in [0.5, 0.6) is 0 Å². The molecule has 0 spiro atoms. The van der Waals surface area contributed by atoms with Crippen LogP contribution in [-0.2, 0) is 40.5 Å². The van der Waals surface area contributed by atoms with Crippen LogP contribution in [0.1, 0.15) is 13.3 Å². The fourth-order valence-corrected chi connectivity index (χ4v) is 0.254. The molecule has 0 aromatic rings. The summed E-state index contributed by atoms with van der Waals surface area (Å²) in [5.41, 5.74) is 0. The Morgan fingerprint density at radius 3 is 2.11 bits per heavy atom. The van der Waals surface area contributed by atoms with Gasteiger partial charge in [0.2, 0.25) is 0 Å². The maximum absolute atomic E-state index is 10.1. The molecule has 0 heterocycles. The van der Waals surface area contributed by atoms with Crippen LogP contribution in [0.3, 0.4) is 0 Å². The van der Waals surface area contributed by atoms with Crippen molar-refractivity contribution < 1.29 is 40.5 Å². The third kappa shape index (κ3) is 8.02. The summed E-state index contributed by atoms with van der Waals surface area (Å²) in [7, 11) is 2.84. The van der Waals surface area contributed by atoms with Crippen molar-refractivity contribution in [2.45, 2.75) is 13.3 Å². The Kier molecular flexibility index (Phi) is 8.04. The standard InChI is InChI=1S/C5H7O3.Zr/c1-4(6)3-5(7)8-2;/h2-3H2,1H3;/q-1;. The van der Waals surface area contributed by atoms with Crippen LogP contribution >= 0.6 is 0 Å². The van der Waals surface area contributed by atoms with Crippen LogP contribution in [0.4, 0.5) is 0 Å². The van der Waals surface area contributed by atoms with E-state index in [4.69, 9.17) is 0 Å². The molecule has 0 bridgehead atoms. The molecule has 0 radical (unpaired) electrons. The van der Waals surface area contributed by atoms with Gasteiger partial charge in [-0.15, -0.1) is 0 Å². The van der Waals surface area contributed by atoms with E-state index >= 15 is 0 Å². The molecule has 0 aromatic carbocycles. The van der Waals surface area contributed by atoms with Crippen LogP contribution in [0.15, 0.2) is 0 Å². The largest absolute Gasteiger partial charge is 0.640 e. The first-order valence-electron chi connectivity index (χ1n) is 2.11. The minimum atomic E-state index is -0.586. The summed E-state index contributed by atoms with van der Waals surface area (Å²) in [6.07, 6.45) is -0.177. The number of ether oxygens (including phenoxy) is 1. The van der Waals surface area contributed by atoms with Gasteiger partial charge < -0.3 is 4.74 Å². The van der Waals surface area contributed by atoms with Gasteiger partial charge in [0, 0.05) is 26.2 Å². The Labute approximate surface area is 72.9 Å². The van der Waals surface area contributed by atoms with Crippen LogP contribution in [-0.4, -0.2) is 11.8 Å². The molecule has 0 aliphatic carbocycles. The van der Waals surface area contributed by atoms with E-state index in [1.807, 2.05) is 0 Å². The number of carbonyl (C=O) groups excluding carboxylic acids is 2. The van der Waals surface area contributed by atoms with Gasteiger partial charge in [0.25, 0.3) is 5.97 Å². The Morgan fingerprint density at radius 2 is 2.00 bits per heavy atom. The second kappa shape index (κ2) is 6.15. The zero-order chi connectivity index (χ0) is 6.57. The Balaban J connectivity index is 0. The van der Waals surface area contributed by atoms with E-state index in [2.05, 4.69) is 11.8 Å². The third-order valence-electron chi connectivity index (χ3n) is 0.554. The molecule has 0 amide bonds. The molecule has 0 atom stereocenters. The van der Waals surface area contributed by atoms with Gasteiger partial charge in [-0.05, 0) is 6.92 Å². The molecule has 50 valence electrons. The molecule has 0 aromatic heterocycles. The van der Waals surface area contributed by atoms with Crippen LogP contribution in [0.2, 0.25) is 0 Å². The number of ketones is 1. The first kappa shape index (κ1) is 11.8. The first-order valence-corrected chi connectivity index (χ1v) is 2.11. The van der Waals surface area contributed by atoms with Crippen molar-refractivity contribution in [2.24, 2.45) is 0 Å². The average Bonchev–Trinajstić information content (AvgIpc) is 1.65. The maximum atomic E-state index is 10.1. The van der Waals surface area contributed by atoms with E-state index in [1.165, 1.54) is 6.92 Å². The number of hydrogen-bond acceptors (Lipinski definition) is 3. The SMILES string of the molecule is [CH2-]OC(=O)CC(C)=O.[Zr]. The van der Waals surface area contributed by atoms with Gasteiger partial charge >= 0.3 is 0 Å². The molecule has 0 unspecified atom stereocenters.